The van der Waals surface area contributed by atoms with Crippen molar-refractivity contribution < 1.29 is 9.59 Å². The van der Waals surface area contributed by atoms with Crippen molar-refractivity contribution >= 4 is 11.8 Å². The topological polar surface area (TPSA) is 45.6 Å². The molecule has 2 rings (SSSR count). The van der Waals surface area contributed by atoms with Crippen LogP contribution in [0.25, 0.3) is 0 Å². The molecular weight excluding hydrogens is 350 g/mol. The predicted octanol–water partition coefficient (Wildman–Crippen LogP) is 3.69. The van der Waals surface area contributed by atoms with E-state index in [-0.39, 0.29) is 24.3 Å². The first-order chi connectivity index (χ1) is 13.3. The summed E-state index contributed by atoms with van der Waals surface area (Å²) in [6, 6.07) is 14.0. The standard InChI is InChI=1S/C23H33N3O2/c1-18(2)14-26(23(28)19(3)4)17-22(27)25(15-20-10-7-6-8-11-20)16-21-12-9-13-24(21)5/h6-13,18-19H,14-17H2,1-5H3. The summed E-state index contributed by atoms with van der Waals surface area (Å²) in [5.41, 5.74) is 2.14. The Morgan fingerprint density at radius 3 is 2.14 bits per heavy atom. The van der Waals surface area contributed by atoms with Crippen molar-refractivity contribution in [2.45, 2.75) is 40.8 Å². The van der Waals surface area contributed by atoms with Crippen LogP contribution in [0.1, 0.15) is 39.0 Å². The normalized spacial score (nSPS) is 11.1. The lowest BCUT2D eigenvalue weighted by molar-refractivity contribution is -0.143. The van der Waals surface area contributed by atoms with Crippen LogP contribution < -0.4 is 0 Å². The minimum atomic E-state index is -0.123. The quantitative estimate of drug-likeness (QED) is 0.663. The Kier molecular flexibility index (Phi) is 7.85. The summed E-state index contributed by atoms with van der Waals surface area (Å²) in [5.74, 6) is 0.188. The van der Waals surface area contributed by atoms with Crippen molar-refractivity contribution in [2.24, 2.45) is 18.9 Å². The zero-order valence-corrected chi connectivity index (χ0v) is 17.8. The van der Waals surface area contributed by atoms with Gasteiger partial charge in [0.2, 0.25) is 11.8 Å². The number of benzene rings is 1. The molecule has 1 heterocycles. The van der Waals surface area contributed by atoms with E-state index >= 15 is 0 Å². The van der Waals surface area contributed by atoms with Crippen LogP contribution in [-0.2, 0) is 29.7 Å². The molecule has 0 saturated heterocycles. The van der Waals surface area contributed by atoms with Crippen LogP contribution in [0, 0.1) is 11.8 Å². The molecule has 152 valence electrons. The van der Waals surface area contributed by atoms with Gasteiger partial charge in [0, 0.05) is 37.9 Å². The van der Waals surface area contributed by atoms with Gasteiger partial charge in [-0.15, -0.1) is 0 Å². The molecular formula is C23H33N3O2. The monoisotopic (exact) mass is 383 g/mol. The zero-order chi connectivity index (χ0) is 20.7. The summed E-state index contributed by atoms with van der Waals surface area (Å²) in [4.78, 5) is 29.4. The molecule has 0 N–H and O–H groups in total. The van der Waals surface area contributed by atoms with E-state index in [0.717, 1.165) is 11.3 Å². The molecule has 0 spiro atoms. The molecule has 0 aliphatic rings. The number of hydrogen-bond acceptors (Lipinski definition) is 2. The summed E-state index contributed by atoms with van der Waals surface area (Å²) in [6.45, 7) is 9.64. The third kappa shape index (κ3) is 6.25. The van der Waals surface area contributed by atoms with Gasteiger partial charge in [0.15, 0.2) is 0 Å². The first-order valence-electron chi connectivity index (χ1n) is 9.98. The van der Waals surface area contributed by atoms with Gasteiger partial charge in [-0.2, -0.15) is 0 Å². The molecule has 5 heteroatoms. The second-order valence-electron chi connectivity index (χ2n) is 8.11. The van der Waals surface area contributed by atoms with Crippen LogP contribution in [0.4, 0.5) is 0 Å². The van der Waals surface area contributed by atoms with E-state index in [9.17, 15) is 9.59 Å². The molecule has 2 aromatic rings. The van der Waals surface area contributed by atoms with Gasteiger partial charge in [-0.05, 0) is 23.6 Å². The first-order valence-corrected chi connectivity index (χ1v) is 9.98. The molecule has 1 aromatic carbocycles. The number of aryl methyl sites for hydroxylation is 1. The summed E-state index contributed by atoms with van der Waals surface area (Å²) >= 11 is 0. The fourth-order valence-electron chi connectivity index (χ4n) is 3.19. The summed E-state index contributed by atoms with van der Waals surface area (Å²) < 4.78 is 2.02. The SMILES string of the molecule is CC(C)CN(CC(=O)N(Cc1ccccc1)Cc1cccn1C)C(=O)C(C)C. The highest BCUT2D eigenvalue weighted by Gasteiger charge is 2.24. The Hall–Kier alpha value is -2.56. The van der Waals surface area contributed by atoms with E-state index in [1.54, 1.807) is 4.90 Å². The summed E-state index contributed by atoms with van der Waals surface area (Å²) in [7, 11) is 1.98. The number of aromatic nitrogens is 1. The van der Waals surface area contributed by atoms with Crippen LogP contribution in [-0.4, -0.2) is 39.3 Å². The summed E-state index contributed by atoms with van der Waals surface area (Å²) in [5, 5.41) is 0. The number of rotatable bonds is 9. The largest absolute Gasteiger partial charge is 0.353 e. The third-order valence-corrected chi connectivity index (χ3v) is 4.69. The van der Waals surface area contributed by atoms with Gasteiger partial charge < -0.3 is 14.4 Å². The minimum absolute atomic E-state index is 0.0281. The van der Waals surface area contributed by atoms with Crippen LogP contribution in [0.3, 0.4) is 0 Å². The highest BCUT2D eigenvalue weighted by Crippen LogP contribution is 2.13. The van der Waals surface area contributed by atoms with Crippen LogP contribution in [0.5, 0.6) is 0 Å². The highest BCUT2D eigenvalue weighted by atomic mass is 16.2. The fourth-order valence-corrected chi connectivity index (χ4v) is 3.19. The first kappa shape index (κ1) is 21.7. The Morgan fingerprint density at radius 1 is 0.929 bits per heavy atom. The average Bonchev–Trinajstić information content (AvgIpc) is 3.05. The third-order valence-electron chi connectivity index (χ3n) is 4.69. The number of nitrogens with zero attached hydrogens (tertiary/aromatic N) is 3. The van der Waals surface area contributed by atoms with Gasteiger partial charge in [-0.3, -0.25) is 9.59 Å². The number of carbonyl (C=O) groups is 2. The Balaban J connectivity index is 2.20. The van der Waals surface area contributed by atoms with Gasteiger partial charge in [0.1, 0.15) is 0 Å². The maximum atomic E-state index is 13.2. The maximum absolute atomic E-state index is 13.2. The van der Waals surface area contributed by atoms with Crippen molar-refractivity contribution in [3.63, 3.8) is 0 Å². The van der Waals surface area contributed by atoms with Crippen molar-refractivity contribution in [3.05, 3.63) is 59.9 Å². The number of hydrogen-bond donors (Lipinski definition) is 0. The molecule has 2 amide bonds. The predicted molar refractivity (Wildman–Crippen MR) is 112 cm³/mol. The average molecular weight is 384 g/mol. The van der Waals surface area contributed by atoms with E-state index in [1.165, 1.54) is 0 Å². The Morgan fingerprint density at radius 2 is 1.61 bits per heavy atom. The Bertz CT molecular complexity index is 765. The van der Waals surface area contributed by atoms with Gasteiger partial charge in [-0.1, -0.05) is 58.0 Å². The van der Waals surface area contributed by atoms with Crippen LogP contribution in [0.15, 0.2) is 48.7 Å². The molecule has 0 radical (unpaired) electrons. The van der Waals surface area contributed by atoms with Crippen LogP contribution >= 0.6 is 0 Å². The van der Waals surface area contributed by atoms with Crippen molar-refractivity contribution in [3.8, 4) is 0 Å². The van der Waals surface area contributed by atoms with Gasteiger partial charge in [0.25, 0.3) is 0 Å². The molecule has 0 aliphatic carbocycles. The van der Waals surface area contributed by atoms with Gasteiger partial charge in [0.05, 0.1) is 13.1 Å². The lowest BCUT2D eigenvalue weighted by atomic mass is 10.1. The number of amides is 2. The zero-order valence-electron chi connectivity index (χ0n) is 17.8. The molecule has 0 atom stereocenters. The molecule has 0 unspecified atom stereocenters. The Labute approximate surface area is 168 Å². The number of carbonyl (C=O) groups excluding carboxylic acids is 2. The van der Waals surface area contributed by atoms with Crippen LogP contribution in [0.2, 0.25) is 0 Å². The van der Waals surface area contributed by atoms with Crippen molar-refractivity contribution in [1.82, 2.24) is 14.4 Å². The smallest absolute Gasteiger partial charge is 0.242 e. The van der Waals surface area contributed by atoms with Gasteiger partial charge >= 0.3 is 0 Å². The second kappa shape index (κ2) is 10.1. The highest BCUT2D eigenvalue weighted by molar-refractivity contribution is 5.85. The molecule has 0 saturated carbocycles. The second-order valence-corrected chi connectivity index (χ2v) is 8.11. The van der Waals surface area contributed by atoms with Gasteiger partial charge in [-0.25, -0.2) is 0 Å². The van der Waals surface area contributed by atoms with E-state index in [4.69, 9.17) is 0 Å². The lowest BCUT2D eigenvalue weighted by Gasteiger charge is -2.30. The van der Waals surface area contributed by atoms with E-state index < -0.39 is 0 Å². The lowest BCUT2D eigenvalue weighted by Crippen LogP contribution is -2.45. The maximum Gasteiger partial charge on any atom is 0.242 e. The molecule has 0 bridgehead atoms. The molecule has 5 nitrogen and oxygen atoms in total. The minimum Gasteiger partial charge on any atom is -0.353 e. The van der Waals surface area contributed by atoms with Crippen molar-refractivity contribution in [1.29, 1.82) is 0 Å². The van der Waals surface area contributed by atoms with E-state index in [0.29, 0.717) is 25.6 Å². The molecule has 0 fully saturated rings. The van der Waals surface area contributed by atoms with E-state index in [1.807, 2.05) is 79.0 Å². The molecule has 1 aromatic heterocycles. The fraction of sp³-hybridized carbons (Fsp3) is 0.478. The van der Waals surface area contributed by atoms with Crippen molar-refractivity contribution in [2.75, 3.05) is 13.1 Å². The van der Waals surface area contributed by atoms with E-state index in [2.05, 4.69) is 13.8 Å². The molecule has 0 aliphatic heterocycles. The summed E-state index contributed by atoms with van der Waals surface area (Å²) in [6.07, 6.45) is 1.98. The molecule has 28 heavy (non-hydrogen) atoms.